The number of aromatic nitrogens is 3. The first kappa shape index (κ1) is 20.9. The molecule has 30 heavy (non-hydrogen) atoms. The van der Waals surface area contributed by atoms with Crippen LogP contribution in [-0.4, -0.2) is 28.0 Å². The van der Waals surface area contributed by atoms with Crippen molar-refractivity contribution in [2.75, 3.05) is 18.2 Å². The van der Waals surface area contributed by atoms with Crippen LogP contribution in [0, 0.1) is 6.92 Å². The fraction of sp³-hybridized carbons (Fsp3) is 0.318. The highest BCUT2D eigenvalue weighted by atomic mass is 79.9. The predicted octanol–water partition coefficient (Wildman–Crippen LogP) is 6.01. The van der Waals surface area contributed by atoms with Crippen LogP contribution in [0.5, 0.6) is 11.6 Å². The van der Waals surface area contributed by atoms with Crippen molar-refractivity contribution in [2.24, 2.45) is 0 Å². The molecule has 1 aliphatic rings. The number of fused-ring (bicyclic) bond motifs is 3. The van der Waals surface area contributed by atoms with E-state index in [2.05, 4.69) is 44.4 Å². The summed E-state index contributed by atoms with van der Waals surface area (Å²) in [6.07, 6.45) is 1.82. The first-order valence-electron chi connectivity index (χ1n) is 9.84. The molecule has 0 radical (unpaired) electrons. The number of benzene rings is 2. The van der Waals surface area contributed by atoms with Gasteiger partial charge in [0.2, 0.25) is 11.0 Å². The number of methoxy groups -OCH3 is 1. The highest BCUT2D eigenvalue weighted by Crippen LogP contribution is 2.41. The van der Waals surface area contributed by atoms with Crippen molar-refractivity contribution in [1.29, 1.82) is 0 Å². The van der Waals surface area contributed by atoms with E-state index >= 15 is 0 Å². The number of hydrogen-bond donors (Lipinski definition) is 1. The number of ether oxygens (including phenoxy) is 2. The summed E-state index contributed by atoms with van der Waals surface area (Å²) in [6, 6.07) is 12.0. The summed E-state index contributed by atoms with van der Waals surface area (Å²) in [4.78, 5) is 4.69. The summed E-state index contributed by atoms with van der Waals surface area (Å²) in [7, 11) is 1.67. The van der Waals surface area contributed by atoms with E-state index in [1.54, 1.807) is 18.9 Å². The molecule has 0 fully saturated rings. The molecule has 0 saturated heterocycles. The topological polar surface area (TPSA) is 69.2 Å². The van der Waals surface area contributed by atoms with Crippen molar-refractivity contribution >= 4 is 33.4 Å². The van der Waals surface area contributed by atoms with E-state index in [9.17, 15) is 0 Å². The smallest absolute Gasteiger partial charge is 0.247 e. The van der Waals surface area contributed by atoms with Gasteiger partial charge in [0.25, 0.3) is 0 Å². The molecule has 0 saturated carbocycles. The predicted molar refractivity (Wildman–Crippen MR) is 123 cm³/mol. The van der Waals surface area contributed by atoms with Crippen LogP contribution in [-0.2, 0) is 0 Å². The second-order valence-corrected chi connectivity index (χ2v) is 8.99. The quantitative estimate of drug-likeness (QED) is 0.337. The van der Waals surface area contributed by atoms with Gasteiger partial charge in [-0.1, -0.05) is 41.0 Å². The molecule has 1 atom stereocenters. The van der Waals surface area contributed by atoms with Gasteiger partial charge in [0.05, 0.1) is 7.11 Å². The molecule has 4 rings (SSSR count). The molecule has 0 aliphatic carbocycles. The first-order chi connectivity index (χ1) is 14.6. The summed E-state index contributed by atoms with van der Waals surface area (Å²) in [6.45, 7) is 4.19. The number of thioether (sulfide) groups is 1. The molecule has 1 N–H and O–H groups in total. The lowest BCUT2D eigenvalue weighted by Gasteiger charge is -2.20. The van der Waals surface area contributed by atoms with Gasteiger partial charge < -0.3 is 14.8 Å². The zero-order valence-corrected chi connectivity index (χ0v) is 19.5. The number of hydrogen-bond acceptors (Lipinski definition) is 7. The average molecular weight is 487 g/mol. The van der Waals surface area contributed by atoms with Crippen molar-refractivity contribution in [3.63, 3.8) is 0 Å². The third kappa shape index (κ3) is 4.39. The third-order valence-electron chi connectivity index (χ3n) is 4.84. The highest BCUT2D eigenvalue weighted by Gasteiger charge is 2.26. The lowest BCUT2D eigenvalue weighted by Crippen LogP contribution is -2.17. The van der Waals surface area contributed by atoms with Crippen LogP contribution in [0.4, 0.5) is 5.69 Å². The molecule has 156 valence electrons. The molecule has 1 aromatic heterocycles. The Kier molecular flexibility index (Phi) is 6.43. The number of anilines is 1. The van der Waals surface area contributed by atoms with Crippen LogP contribution in [0.15, 0.2) is 46.0 Å². The maximum Gasteiger partial charge on any atom is 0.247 e. The standard InChI is InChI=1S/C22H23BrN4O2S/c1-4-5-10-30-22-25-21-19(26-27-22)16-12-15(23)7-8-17(16)24-20(29-21)14-6-9-18(28-3)13(2)11-14/h6-9,11-12,20,24H,4-5,10H2,1-3H3. The van der Waals surface area contributed by atoms with Crippen molar-refractivity contribution < 1.29 is 9.47 Å². The summed E-state index contributed by atoms with van der Waals surface area (Å²) >= 11 is 5.16. The molecular formula is C22H23BrN4O2S. The van der Waals surface area contributed by atoms with E-state index in [-0.39, 0.29) is 0 Å². The average Bonchev–Trinajstić information content (AvgIpc) is 2.90. The minimum atomic E-state index is -0.416. The zero-order valence-electron chi connectivity index (χ0n) is 17.1. The Labute approximate surface area is 188 Å². The fourth-order valence-electron chi connectivity index (χ4n) is 3.25. The van der Waals surface area contributed by atoms with Crippen molar-refractivity contribution in [3.05, 3.63) is 52.0 Å². The van der Waals surface area contributed by atoms with Crippen LogP contribution >= 0.6 is 27.7 Å². The van der Waals surface area contributed by atoms with E-state index in [0.29, 0.717) is 16.7 Å². The van der Waals surface area contributed by atoms with Gasteiger partial charge in [0.15, 0.2) is 11.9 Å². The molecular weight excluding hydrogens is 464 g/mol. The van der Waals surface area contributed by atoms with Crippen LogP contribution in [0.25, 0.3) is 11.3 Å². The first-order valence-corrected chi connectivity index (χ1v) is 11.6. The number of nitrogens with one attached hydrogen (secondary N) is 1. The van der Waals surface area contributed by atoms with Gasteiger partial charge in [0.1, 0.15) is 5.75 Å². The molecule has 1 aliphatic heterocycles. The number of halogens is 1. The van der Waals surface area contributed by atoms with Crippen molar-refractivity contribution in [1.82, 2.24) is 15.2 Å². The Morgan fingerprint density at radius 3 is 2.83 bits per heavy atom. The van der Waals surface area contributed by atoms with E-state index < -0.39 is 6.23 Å². The van der Waals surface area contributed by atoms with E-state index in [1.165, 1.54) is 0 Å². The molecule has 6 nitrogen and oxygen atoms in total. The fourth-order valence-corrected chi connectivity index (χ4v) is 4.48. The van der Waals surface area contributed by atoms with E-state index in [4.69, 9.17) is 14.5 Å². The Morgan fingerprint density at radius 1 is 1.20 bits per heavy atom. The SMILES string of the molecule is CCCCSc1nnc2c(n1)OC(c1ccc(OC)c(C)c1)Nc1ccc(Br)cc1-2. The summed E-state index contributed by atoms with van der Waals surface area (Å²) in [5.74, 6) is 2.28. The molecule has 3 aromatic rings. The minimum Gasteiger partial charge on any atom is -0.496 e. The Hall–Kier alpha value is -2.32. The second-order valence-electron chi connectivity index (χ2n) is 7.01. The van der Waals surface area contributed by atoms with Gasteiger partial charge in [-0.25, -0.2) is 0 Å². The number of aryl methyl sites for hydroxylation is 1. The number of rotatable bonds is 6. The maximum absolute atomic E-state index is 6.35. The Morgan fingerprint density at radius 2 is 2.07 bits per heavy atom. The lowest BCUT2D eigenvalue weighted by atomic mass is 10.1. The maximum atomic E-state index is 6.35. The summed E-state index contributed by atoms with van der Waals surface area (Å²) < 4.78 is 12.7. The van der Waals surface area contributed by atoms with E-state index in [0.717, 1.165) is 51.2 Å². The number of unbranched alkanes of at least 4 members (excludes halogenated alkanes) is 1. The van der Waals surface area contributed by atoms with Crippen molar-refractivity contribution in [3.8, 4) is 22.9 Å². The Balaban J connectivity index is 1.76. The van der Waals surface area contributed by atoms with Gasteiger partial charge in [-0.3, -0.25) is 0 Å². The van der Waals surface area contributed by atoms with Crippen LogP contribution in [0.2, 0.25) is 0 Å². The van der Waals surface area contributed by atoms with Gasteiger partial charge in [-0.2, -0.15) is 4.98 Å². The second kappa shape index (κ2) is 9.22. The normalized spacial score (nSPS) is 14.7. The Bertz CT molecular complexity index is 1060. The third-order valence-corrected chi connectivity index (χ3v) is 6.26. The van der Waals surface area contributed by atoms with E-state index in [1.807, 2.05) is 37.3 Å². The van der Waals surface area contributed by atoms with Crippen LogP contribution < -0.4 is 14.8 Å². The minimum absolute atomic E-state index is 0.416. The summed E-state index contributed by atoms with van der Waals surface area (Å²) in [5.41, 5.74) is 4.47. The molecule has 1 unspecified atom stereocenters. The lowest BCUT2D eigenvalue weighted by molar-refractivity contribution is 0.225. The zero-order chi connectivity index (χ0) is 21.1. The highest BCUT2D eigenvalue weighted by molar-refractivity contribution is 9.10. The summed E-state index contributed by atoms with van der Waals surface area (Å²) in [5, 5.41) is 12.9. The van der Waals surface area contributed by atoms with Gasteiger partial charge in [-0.05, 0) is 55.3 Å². The van der Waals surface area contributed by atoms with Crippen LogP contribution in [0.3, 0.4) is 0 Å². The van der Waals surface area contributed by atoms with Crippen molar-refractivity contribution in [2.45, 2.75) is 38.1 Å². The molecule has 0 spiro atoms. The molecule has 2 aromatic carbocycles. The van der Waals surface area contributed by atoms with Gasteiger partial charge in [0, 0.05) is 27.0 Å². The monoisotopic (exact) mass is 486 g/mol. The molecule has 2 heterocycles. The van der Waals surface area contributed by atoms with Crippen LogP contribution in [0.1, 0.15) is 37.1 Å². The molecule has 0 bridgehead atoms. The van der Waals surface area contributed by atoms with Gasteiger partial charge in [-0.15, -0.1) is 10.2 Å². The van der Waals surface area contributed by atoms with Gasteiger partial charge >= 0.3 is 0 Å². The number of nitrogens with zero attached hydrogens (tertiary/aromatic N) is 3. The molecule has 0 amide bonds. The largest absolute Gasteiger partial charge is 0.496 e. The molecule has 8 heteroatoms.